The summed E-state index contributed by atoms with van der Waals surface area (Å²) in [6.07, 6.45) is -1.16. The molecule has 1 aromatic carbocycles. The van der Waals surface area contributed by atoms with E-state index in [1.54, 1.807) is 0 Å². The lowest BCUT2D eigenvalue weighted by atomic mass is 9.72. The lowest BCUT2D eigenvalue weighted by Gasteiger charge is -2.34. The number of aliphatic hydroxyl groups excluding tert-OH is 1. The van der Waals surface area contributed by atoms with E-state index in [9.17, 15) is 9.90 Å². The first-order chi connectivity index (χ1) is 9.48. The first kappa shape index (κ1) is 17.7. The predicted octanol–water partition coefficient (Wildman–Crippen LogP) is 3.65. The second-order valence-electron chi connectivity index (χ2n) is 7.69. The van der Waals surface area contributed by atoms with Gasteiger partial charge in [-0.1, -0.05) is 65.8 Å². The molecule has 1 aromatic rings. The molecule has 0 aliphatic rings. The first-order valence-electron chi connectivity index (χ1n) is 7.35. The number of carbonyl (C=O) groups excluding carboxylic acids is 1. The molecule has 0 spiro atoms. The van der Waals surface area contributed by atoms with Gasteiger partial charge < -0.3 is 9.84 Å². The van der Waals surface area contributed by atoms with Gasteiger partial charge in [0, 0.05) is 5.92 Å². The van der Waals surface area contributed by atoms with Gasteiger partial charge in [0.1, 0.15) is 0 Å². The minimum absolute atomic E-state index is 0.0225. The molecule has 0 aliphatic heterocycles. The molecule has 0 radical (unpaired) electrons. The van der Waals surface area contributed by atoms with Crippen LogP contribution in [0.4, 0.5) is 0 Å². The van der Waals surface area contributed by atoms with Gasteiger partial charge in [0.05, 0.1) is 7.11 Å². The van der Waals surface area contributed by atoms with E-state index >= 15 is 0 Å². The predicted molar refractivity (Wildman–Crippen MR) is 85.4 cm³/mol. The summed E-state index contributed by atoms with van der Waals surface area (Å²) in [5.41, 5.74) is 1.91. The summed E-state index contributed by atoms with van der Waals surface area (Å²) in [7, 11) is 1.30. The highest BCUT2D eigenvalue weighted by Gasteiger charge is 2.37. The van der Waals surface area contributed by atoms with E-state index in [0.29, 0.717) is 0 Å². The van der Waals surface area contributed by atoms with Gasteiger partial charge in [-0.2, -0.15) is 0 Å². The number of carbonyl (C=O) groups is 1. The van der Waals surface area contributed by atoms with Gasteiger partial charge in [0.25, 0.3) is 0 Å². The number of rotatable bonds is 3. The van der Waals surface area contributed by atoms with Crippen molar-refractivity contribution in [3.63, 3.8) is 0 Å². The Labute approximate surface area is 128 Å². The SMILES string of the molecule is COC(=O)C(O)C(c1cccc(C(C)(C)C)c1)C(C)(C)C. The fourth-order valence-electron chi connectivity index (χ4n) is 2.61. The van der Waals surface area contributed by atoms with Crippen molar-refractivity contribution in [3.05, 3.63) is 35.4 Å². The van der Waals surface area contributed by atoms with Crippen molar-refractivity contribution in [1.82, 2.24) is 0 Å². The molecule has 2 unspecified atom stereocenters. The van der Waals surface area contributed by atoms with Gasteiger partial charge >= 0.3 is 5.97 Å². The van der Waals surface area contributed by atoms with Gasteiger partial charge in [0.2, 0.25) is 0 Å². The van der Waals surface area contributed by atoms with Crippen molar-refractivity contribution in [2.75, 3.05) is 7.11 Å². The monoisotopic (exact) mass is 292 g/mol. The van der Waals surface area contributed by atoms with Crippen LogP contribution in [0.15, 0.2) is 24.3 Å². The van der Waals surface area contributed by atoms with Crippen LogP contribution in [0.1, 0.15) is 58.6 Å². The molecule has 2 atom stereocenters. The minimum atomic E-state index is -1.16. The normalized spacial score (nSPS) is 15.4. The van der Waals surface area contributed by atoms with Crippen molar-refractivity contribution >= 4 is 5.97 Å². The lowest BCUT2D eigenvalue weighted by molar-refractivity contribution is -0.153. The summed E-state index contributed by atoms with van der Waals surface area (Å²) in [4.78, 5) is 11.8. The van der Waals surface area contributed by atoms with Crippen LogP contribution in [-0.2, 0) is 14.9 Å². The number of esters is 1. The van der Waals surface area contributed by atoms with E-state index in [0.717, 1.165) is 5.56 Å². The standard InChI is InChI=1S/C18H28O3/c1-17(2,3)13-10-8-9-12(11-13)14(18(4,5)6)15(19)16(20)21-7/h8-11,14-15,19H,1-7H3. The van der Waals surface area contributed by atoms with Crippen molar-refractivity contribution in [2.24, 2.45) is 5.41 Å². The summed E-state index contributed by atoms with van der Waals surface area (Å²) in [5.74, 6) is -0.900. The Morgan fingerprint density at radius 3 is 2.14 bits per heavy atom. The summed E-state index contributed by atoms with van der Waals surface area (Å²) in [5, 5.41) is 10.4. The summed E-state index contributed by atoms with van der Waals surface area (Å²) in [6.45, 7) is 12.5. The average molecular weight is 292 g/mol. The largest absolute Gasteiger partial charge is 0.467 e. The van der Waals surface area contributed by atoms with Crippen LogP contribution >= 0.6 is 0 Å². The van der Waals surface area contributed by atoms with Crippen molar-refractivity contribution in [3.8, 4) is 0 Å². The Bertz CT molecular complexity index is 492. The number of benzene rings is 1. The molecule has 1 N–H and O–H groups in total. The number of hydrogen-bond donors (Lipinski definition) is 1. The number of hydrogen-bond acceptors (Lipinski definition) is 3. The van der Waals surface area contributed by atoms with Crippen molar-refractivity contribution < 1.29 is 14.6 Å². The van der Waals surface area contributed by atoms with E-state index in [-0.39, 0.29) is 16.7 Å². The molecule has 0 aromatic heterocycles. The van der Waals surface area contributed by atoms with Crippen molar-refractivity contribution in [1.29, 1.82) is 0 Å². The van der Waals surface area contributed by atoms with Crippen LogP contribution in [0.3, 0.4) is 0 Å². The van der Waals surface area contributed by atoms with Crippen LogP contribution in [0.5, 0.6) is 0 Å². The average Bonchev–Trinajstić information content (AvgIpc) is 2.35. The Kier molecular flexibility index (Phi) is 5.21. The summed E-state index contributed by atoms with van der Waals surface area (Å²) >= 11 is 0. The van der Waals surface area contributed by atoms with Crippen LogP contribution in [0, 0.1) is 5.41 Å². The molecule has 0 bridgehead atoms. The Balaban J connectivity index is 3.32. The highest BCUT2D eigenvalue weighted by Crippen LogP contribution is 2.39. The molecule has 0 amide bonds. The molecule has 0 fully saturated rings. The topological polar surface area (TPSA) is 46.5 Å². The maximum atomic E-state index is 11.8. The molecule has 0 saturated carbocycles. The molecule has 118 valence electrons. The Morgan fingerprint density at radius 1 is 1.14 bits per heavy atom. The molecule has 0 heterocycles. The second kappa shape index (κ2) is 6.18. The minimum Gasteiger partial charge on any atom is -0.467 e. The van der Waals surface area contributed by atoms with Gasteiger partial charge in [-0.15, -0.1) is 0 Å². The van der Waals surface area contributed by atoms with Gasteiger partial charge in [-0.3, -0.25) is 0 Å². The first-order valence-corrected chi connectivity index (χ1v) is 7.35. The fraction of sp³-hybridized carbons (Fsp3) is 0.611. The molecular weight excluding hydrogens is 264 g/mol. The third-order valence-electron chi connectivity index (χ3n) is 3.80. The summed E-state index contributed by atoms with van der Waals surface area (Å²) in [6, 6.07) is 8.12. The van der Waals surface area contributed by atoms with Crippen LogP contribution in [-0.4, -0.2) is 24.3 Å². The number of methoxy groups -OCH3 is 1. The van der Waals surface area contributed by atoms with E-state index in [2.05, 4.69) is 32.9 Å². The molecule has 3 nitrogen and oxygen atoms in total. The smallest absolute Gasteiger partial charge is 0.335 e. The zero-order valence-electron chi connectivity index (χ0n) is 14.2. The second-order valence-corrected chi connectivity index (χ2v) is 7.69. The third-order valence-corrected chi connectivity index (χ3v) is 3.80. The highest BCUT2D eigenvalue weighted by atomic mass is 16.5. The number of aliphatic hydroxyl groups is 1. The van der Waals surface area contributed by atoms with E-state index in [4.69, 9.17) is 4.74 Å². The van der Waals surface area contributed by atoms with Crippen LogP contribution in [0.2, 0.25) is 0 Å². The number of ether oxygens (including phenoxy) is 1. The van der Waals surface area contributed by atoms with E-state index in [1.807, 2.05) is 32.9 Å². The fourth-order valence-corrected chi connectivity index (χ4v) is 2.61. The molecular formula is C18H28O3. The van der Waals surface area contributed by atoms with Crippen LogP contribution in [0.25, 0.3) is 0 Å². The Hall–Kier alpha value is -1.35. The van der Waals surface area contributed by atoms with E-state index < -0.39 is 12.1 Å². The molecule has 1 rings (SSSR count). The van der Waals surface area contributed by atoms with E-state index in [1.165, 1.54) is 12.7 Å². The van der Waals surface area contributed by atoms with Gasteiger partial charge in [0.15, 0.2) is 6.10 Å². The van der Waals surface area contributed by atoms with Crippen molar-refractivity contribution in [2.45, 2.75) is 59.0 Å². The van der Waals surface area contributed by atoms with Gasteiger partial charge in [-0.05, 0) is 22.0 Å². The maximum absolute atomic E-state index is 11.8. The Morgan fingerprint density at radius 2 is 1.71 bits per heavy atom. The zero-order valence-corrected chi connectivity index (χ0v) is 14.2. The quantitative estimate of drug-likeness (QED) is 0.865. The zero-order chi connectivity index (χ0) is 16.4. The molecule has 21 heavy (non-hydrogen) atoms. The molecule has 0 aliphatic carbocycles. The maximum Gasteiger partial charge on any atom is 0.335 e. The highest BCUT2D eigenvalue weighted by molar-refractivity contribution is 5.75. The molecule has 0 saturated heterocycles. The van der Waals surface area contributed by atoms with Crippen LogP contribution < -0.4 is 0 Å². The summed E-state index contributed by atoms with van der Waals surface area (Å²) < 4.78 is 4.72. The lowest BCUT2D eigenvalue weighted by Crippen LogP contribution is -2.36. The van der Waals surface area contributed by atoms with Gasteiger partial charge in [-0.25, -0.2) is 4.79 Å². The third kappa shape index (κ3) is 4.31. The molecule has 3 heteroatoms.